The lowest BCUT2D eigenvalue weighted by Gasteiger charge is -2.28. The maximum Gasteiger partial charge on any atom is 0.309 e. The molecule has 0 atom stereocenters. The number of aromatic amines is 1. The molecule has 0 bridgehead atoms. The second kappa shape index (κ2) is 8.96. The van der Waals surface area contributed by atoms with Crippen molar-refractivity contribution in [3.05, 3.63) is 58.7 Å². The summed E-state index contributed by atoms with van der Waals surface area (Å²) in [5.41, 5.74) is 8.23. The number of imidazole rings is 1. The summed E-state index contributed by atoms with van der Waals surface area (Å²) in [6.45, 7) is 3.58. The molecule has 0 saturated heterocycles. The summed E-state index contributed by atoms with van der Waals surface area (Å²) in [4.78, 5) is 42.5. The minimum absolute atomic E-state index is 0.124. The molecule has 0 radical (unpaired) electrons. The summed E-state index contributed by atoms with van der Waals surface area (Å²) in [7, 11) is 0. The fourth-order valence-corrected chi connectivity index (χ4v) is 3.70. The SMILES string of the molecule is CC(C)(NC(=O)C(N)=O)c1ccc(CC(=O)c2ncc(C#N)[nH]2)c(C2=CCCCC2)c1. The number of aromatic nitrogens is 2. The molecule has 8 nitrogen and oxygen atoms in total. The van der Waals surface area contributed by atoms with Crippen LogP contribution in [0, 0.1) is 11.3 Å². The lowest BCUT2D eigenvalue weighted by Crippen LogP contribution is -2.46. The van der Waals surface area contributed by atoms with Crippen LogP contribution in [0.25, 0.3) is 5.57 Å². The lowest BCUT2D eigenvalue weighted by atomic mass is 9.84. The maximum absolute atomic E-state index is 12.7. The fraction of sp³-hybridized carbons (Fsp3) is 0.348. The molecule has 160 valence electrons. The van der Waals surface area contributed by atoms with Crippen LogP contribution in [0.4, 0.5) is 0 Å². The number of carbonyl (C=O) groups excluding carboxylic acids is 3. The van der Waals surface area contributed by atoms with Crippen LogP contribution in [-0.2, 0) is 21.5 Å². The monoisotopic (exact) mass is 419 g/mol. The standard InChI is InChI=1S/C23H25N5O3/c1-23(2,28-22(31)20(25)30)16-9-8-15(18(11-16)14-6-4-3-5-7-14)10-19(29)21-26-13-17(12-24)27-21/h6,8-9,11,13H,3-5,7,10H2,1-2H3,(H2,25,30)(H,26,27)(H,28,31). The number of H-pyrrole nitrogens is 1. The Morgan fingerprint density at radius 2 is 2.06 bits per heavy atom. The van der Waals surface area contributed by atoms with Crippen molar-refractivity contribution in [2.45, 2.75) is 51.5 Å². The first-order valence-corrected chi connectivity index (χ1v) is 10.1. The number of nitrogens with zero attached hydrogens (tertiary/aromatic N) is 2. The number of hydrogen-bond donors (Lipinski definition) is 3. The molecule has 0 spiro atoms. The quantitative estimate of drug-likeness (QED) is 0.487. The van der Waals surface area contributed by atoms with E-state index in [9.17, 15) is 14.4 Å². The highest BCUT2D eigenvalue weighted by atomic mass is 16.2. The first-order chi connectivity index (χ1) is 14.7. The molecule has 8 heteroatoms. The number of allylic oxidation sites excluding steroid dienone is 2. The minimum Gasteiger partial charge on any atom is -0.361 e. The van der Waals surface area contributed by atoms with Gasteiger partial charge in [0.25, 0.3) is 0 Å². The van der Waals surface area contributed by atoms with Crippen molar-refractivity contribution in [1.29, 1.82) is 5.26 Å². The van der Waals surface area contributed by atoms with E-state index in [1.807, 2.05) is 24.3 Å². The van der Waals surface area contributed by atoms with Crippen LogP contribution < -0.4 is 11.1 Å². The van der Waals surface area contributed by atoms with Crippen LogP contribution in [0.1, 0.15) is 72.5 Å². The second-order valence-corrected chi connectivity index (χ2v) is 8.15. The Balaban J connectivity index is 1.96. The van der Waals surface area contributed by atoms with E-state index in [1.165, 1.54) is 6.20 Å². The molecule has 1 heterocycles. The lowest BCUT2D eigenvalue weighted by molar-refractivity contribution is -0.138. The number of nitriles is 1. The molecule has 1 aromatic carbocycles. The Morgan fingerprint density at radius 1 is 1.29 bits per heavy atom. The topological polar surface area (TPSA) is 142 Å². The zero-order chi connectivity index (χ0) is 22.6. The first kappa shape index (κ1) is 22.0. The number of rotatable bonds is 6. The van der Waals surface area contributed by atoms with Crippen LogP contribution >= 0.6 is 0 Å². The number of hydrogen-bond acceptors (Lipinski definition) is 5. The molecule has 0 unspecified atom stereocenters. The third-order valence-electron chi connectivity index (χ3n) is 5.43. The van der Waals surface area contributed by atoms with Gasteiger partial charge in [0.1, 0.15) is 11.8 Å². The van der Waals surface area contributed by atoms with Gasteiger partial charge in [-0.2, -0.15) is 5.26 Å². The first-order valence-electron chi connectivity index (χ1n) is 10.1. The molecule has 2 aromatic rings. The number of primary amides is 1. The molecule has 0 saturated carbocycles. The second-order valence-electron chi connectivity index (χ2n) is 8.15. The molecular formula is C23H25N5O3. The summed E-state index contributed by atoms with van der Waals surface area (Å²) < 4.78 is 0. The van der Waals surface area contributed by atoms with Crippen molar-refractivity contribution in [2.75, 3.05) is 0 Å². The van der Waals surface area contributed by atoms with Gasteiger partial charge in [-0.3, -0.25) is 14.4 Å². The molecule has 1 aliphatic rings. The normalized spacial score (nSPS) is 13.8. The van der Waals surface area contributed by atoms with Gasteiger partial charge < -0.3 is 16.0 Å². The van der Waals surface area contributed by atoms with Crippen LogP contribution in [0.15, 0.2) is 30.5 Å². The van der Waals surface area contributed by atoms with E-state index in [2.05, 4.69) is 21.4 Å². The molecule has 1 aliphatic carbocycles. The summed E-state index contributed by atoms with van der Waals surface area (Å²) in [6.07, 6.45) is 7.71. The van der Waals surface area contributed by atoms with E-state index in [4.69, 9.17) is 11.0 Å². The Morgan fingerprint density at radius 3 is 2.68 bits per heavy atom. The zero-order valence-corrected chi connectivity index (χ0v) is 17.6. The van der Waals surface area contributed by atoms with Crippen molar-refractivity contribution >= 4 is 23.2 Å². The highest BCUT2D eigenvalue weighted by molar-refractivity contribution is 6.34. The van der Waals surface area contributed by atoms with Gasteiger partial charge in [-0.15, -0.1) is 0 Å². The number of Topliss-reactive ketones (excluding diaryl/α,β-unsaturated/α-hetero) is 1. The van der Waals surface area contributed by atoms with Crippen molar-refractivity contribution < 1.29 is 14.4 Å². The Kier molecular flexibility index (Phi) is 6.35. The largest absolute Gasteiger partial charge is 0.361 e. The van der Waals surface area contributed by atoms with Crippen LogP contribution in [-0.4, -0.2) is 27.6 Å². The molecular weight excluding hydrogens is 394 g/mol. The van der Waals surface area contributed by atoms with Gasteiger partial charge >= 0.3 is 11.8 Å². The predicted molar refractivity (Wildman–Crippen MR) is 115 cm³/mol. The molecule has 0 fully saturated rings. The van der Waals surface area contributed by atoms with E-state index in [-0.39, 0.29) is 23.7 Å². The third-order valence-corrected chi connectivity index (χ3v) is 5.43. The Bertz CT molecular complexity index is 1100. The minimum atomic E-state index is -1.04. The fourth-order valence-electron chi connectivity index (χ4n) is 3.70. The zero-order valence-electron chi connectivity index (χ0n) is 17.6. The van der Waals surface area contributed by atoms with Crippen LogP contribution in [0.5, 0.6) is 0 Å². The highest BCUT2D eigenvalue weighted by Gasteiger charge is 2.27. The van der Waals surface area contributed by atoms with Gasteiger partial charge in [0.2, 0.25) is 5.78 Å². The van der Waals surface area contributed by atoms with Gasteiger partial charge in [-0.1, -0.05) is 18.2 Å². The van der Waals surface area contributed by atoms with Crippen LogP contribution in [0.3, 0.4) is 0 Å². The number of carbonyl (C=O) groups is 3. The number of amides is 2. The number of nitrogens with two attached hydrogens (primary N) is 1. The smallest absolute Gasteiger partial charge is 0.309 e. The third kappa shape index (κ3) is 5.07. The molecule has 2 amide bonds. The molecule has 0 aliphatic heterocycles. The van der Waals surface area contributed by atoms with Crippen molar-refractivity contribution in [3.63, 3.8) is 0 Å². The molecule has 1 aromatic heterocycles. The number of ketones is 1. The predicted octanol–water partition coefficient (Wildman–Crippen LogP) is 2.50. The van der Waals surface area contributed by atoms with Crippen LogP contribution in [0.2, 0.25) is 0 Å². The van der Waals surface area contributed by atoms with Crippen molar-refractivity contribution in [2.24, 2.45) is 5.73 Å². The highest BCUT2D eigenvalue weighted by Crippen LogP contribution is 2.33. The number of nitrogens with one attached hydrogen (secondary N) is 2. The summed E-state index contributed by atoms with van der Waals surface area (Å²) in [6, 6.07) is 7.59. The summed E-state index contributed by atoms with van der Waals surface area (Å²) in [5.74, 6) is -1.96. The molecule has 31 heavy (non-hydrogen) atoms. The van der Waals surface area contributed by atoms with Gasteiger partial charge in [-0.25, -0.2) is 4.98 Å². The summed E-state index contributed by atoms with van der Waals surface area (Å²) in [5, 5.41) is 11.6. The van der Waals surface area contributed by atoms with E-state index in [0.717, 1.165) is 47.9 Å². The average Bonchev–Trinajstić information content (AvgIpc) is 3.23. The van der Waals surface area contributed by atoms with Gasteiger partial charge in [0.05, 0.1) is 11.7 Å². The van der Waals surface area contributed by atoms with E-state index in [0.29, 0.717) is 0 Å². The maximum atomic E-state index is 12.7. The van der Waals surface area contributed by atoms with Gasteiger partial charge in [0, 0.05) is 6.42 Å². The van der Waals surface area contributed by atoms with Gasteiger partial charge in [-0.05, 0) is 67.9 Å². The summed E-state index contributed by atoms with van der Waals surface area (Å²) >= 11 is 0. The molecule has 4 N–H and O–H groups in total. The van der Waals surface area contributed by atoms with E-state index >= 15 is 0 Å². The van der Waals surface area contributed by atoms with E-state index in [1.54, 1.807) is 13.8 Å². The van der Waals surface area contributed by atoms with Gasteiger partial charge in [0.15, 0.2) is 5.82 Å². The van der Waals surface area contributed by atoms with E-state index < -0.39 is 17.4 Å². The number of benzene rings is 1. The average molecular weight is 419 g/mol. The van der Waals surface area contributed by atoms with Crippen molar-refractivity contribution in [3.8, 4) is 6.07 Å². The molecule has 3 rings (SSSR count). The Labute approximate surface area is 180 Å². The van der Waals surface area contributed by atoms with Crippen molar-refractivity contribution in [1.82, 2.24) is 15.3 Å². The Hall–Kier alpha value is -3.73.